The summed E-state index contributed by atoms with van der Waals surface area (Å²) in [4.78, 5) is 14.6. The molecule has 1 heterocycles. The van der Waals surface area contributed by atoms with E-state index in [-0.39, 0.29) is 5.82 Å². The lowest BCUT2D eigenvalue weighted by Gasteiger charge is -2.08. The van der Waals surface area contributed by atoms with E-state index in [1.165, 1.54) is 0 Å². The van der Waals surface area contributed by atoms with Crippen LogP contribution in [0.1, 0.15) is 12.2 Å². The maximum Gasteiger partial charge on any atom is 0.367 e. The lowest BCUT2D eigenvalue weighted by Crippen LogP contribution is -2.28. The number of hydrogen-bond acceptors (Lipinski definition) is 4. The normalized spacial score (nSPS) is 11.3. The van der Waals surface area contributed by atoms with Gasteiger partial charge < -0.3 is 10.1 Å². The van der Waals surface area contributed by atoms with Crippen LogP contribution in [0.4, 0.5) is 0 Å². The van der Waals surface area contributed by atoms with E-state index in [9.17, 15) is 10.1 Å². The van der Waals surface area contributed by atoms with Crippen molar-refractivity contribution < 1.29 is 4.43 Å². The van der Waals surface area contributed by atoms with Crippen LogP contribution in [0.2, 0.25) is 0 Å². The molecule has 0 atom stereocenters. The van der Waals surface area contributed by atoms with Gasteiger partial charge in [0.1, 0.15) is 5.52 Å². The van der Waals surface area contributed by atoms with Gasteiger partial charge in [0.25, 0.3) is 0 Å². The third-order valence-electron chi connectivity index (χ3n) is 2.75. The number of nitrogens with zero attached hydrogens (tertiary/aromatic N) is 4. The lowest BCUT2D eigenvalue weighted by molar-refractivity contribution is -0.480. The minimum absolute atomic E-state index is 0.269. The summed E-state index contributed by atoms with van der Waals surface area (Å²) in [7, 11) is 3.93. The second kappa shape index (κ2) is 5.14. The molecular formula is C12H16N4O2. The molecule has 96 valence electrons. The van der Waals surface area contributed by atoms with Gasteiger partial charge >= 0.3 is 5.82 Å². The van der Waals surface area contributed by atoms with Gasteiger partial charge in [0.2, 0.25) is 5.52 Å². The van der Waals surface area contributed by atoms with Gasteiger partial charge in [-0.25, -0.2) is 0 Å². The molecule has 2 rings (SSSR count). The van der Waals surface area contributed by atoms with Gasteiger partial charge in [-0.2, -0.15) is 4.85 Å². The molecular weight excluding hydrogens is 232 g/mol. The molecule has 0 aliphatic heterocycles. The summed E-state index contributed by atoms with van der Waals surface area (Å²) in [6.07, 6.45) is 1.29. The highest BCUT2D eigenvalue weighted by atomic mass is 16.5. The van der Waals surface area contributed by atoms with Crippen LogP contribution in [0, 0.1) is 10.1 Å². The SMILES string of the molecule is CN(C)CCCc1nn([O-])c2ccccc2[n+]1=O. The number of aromatic nitrogens is 3. The van der Waals surface area contributed by atoms with Crippen LogP contribution in [0.5, 0.6) is 0 Å². The van der Waals surface area contributed by atoms with E-state index in [0.29, 0.717) is 22.3 Å². The molecule has 0 fully saturated rings. The fourth-order valence-corrected chi connectivity index (χ4v) is 1.84. The maximum absolute atomic E-state index is 12.0. The minimum atomic E-state index is 0.269. The van der Waals surface area contributed by atoms with Crippen LogP contribution < -0.4 is 4.43 Å². The van der Waals surface area contributed by atoms with E-state index in [1.807, 2.05) is 19.0 Å². The third kappa shape index (κ3) is 2.48. The van der Waals surface area contributed by atoms with Crippen molar-refractivity contribution in [1.29, 1.82) is 0 Å². The first-order chi connectivity index (χ1) is 8.59. The van der Waals surface area contributed by atoms with Crippen LogP contribution in [-0.4, -0.2) is 35.5 Å². The Hall–Kier alpha value is -1.95. The van der Waals surface area contributed by atoms with E-state index >= 15 is 0 Å². The van der Waals surface area contributed by atoms with Gasteiger partial charge in [-0.1, -0.05) is 17.0 Å². The number of rotatable bonds is 4. The molecule has 0 aliphatic carbocycles. The van der Waals surface area contributed by atoms with Crippen molar-refractivity contribution in [3.8, 4) is 0 Å². The highest BCUT2D eigenvalue weighted by molar-refractivity contribution is 5.70. The summed E-state index contributed by atoms with van der Waals surface area (Å²) < 4.78 is 0.749. The Kier molecular flexibility index (Phi) is 3.57. The largest absolute Gasteiger partial charge is 0.772 e. The Morgan fingerprint density at radius 2 is 2.11 bits per heavy atom. The van der Waals surface area contributed by atoms with E-state index in [4.69, 9.17) is 0 Å². The van der Waals surface area contributed by atoms with Crippen molar-refractivity contribution in [1.82, 2.24) is 14.8 Å². The predicted octanol–water partition coefficient (Wildman–Crippen LogP) is 0.791. The van der Waals surface area contributed by atoms with Crippen molar-refractivity contribution in [2.45, 2.75) is 12.8 Å². The summed E-state index contributed by atoms with van der Waals surface area (Å²) in [6.45, 7) is 0.855. The van der Waals surface area contributed by atoms with E-state index in [0.717, 1.165) is 17.4 Å². The number of benzene rings is 1. The molecule has 0 aliphatic rings. The van der Waals surface area contributed by atoms with Gasteiger partial charge in [0, 0.05) is 4.43 Å². The van der Waals surface area contributed by atoms with Crippen LogP contribution in [-0.2, 0) is 6.42 Å². The first-order valence-corrected chi connectivity index (χ1v) is 5.85. The molecule has 0 N–H and O–H groups in total. The van der Waals surface area contributed by atoms with Crippen LogP contribution in [0.25, 0.3) is 11.0 Å². The highest BCUT2D eigenvalue weighted by Gasteiger charge is 2.15. The zero-order valence-corrected chi connectivity index (χ0v) is 10.5. The van der Waals surface area contributed by atoms with E-state index < -0.39 is 0 Å². The lowest BCUT2D eigenvalue weighted by atomic mass is 10.2. The van der Waals surface area contributed by atoms with Crippen LogP contribution >= 0.6 is 0 Å². The average Bonchev–Trinajstić information content (AvgIpc) is 2.35. The monoisotopic (exact) mass is 248 g/mol. The molecule has 1 aromatic carbocycles. The van der Waals surface area contributed by atoms with Crippen LogP contribution in [0.15, 0.2) is 24.3 Å². The Balaban J connectivity index is 2.35. The van der Waals surface area contributed by atoms with Gasteiger partial charge in [-0.3, -0.25) is 0 Å². The summed E-state index contributed by atoms with van der Waals surface area (Å²) in [5.74, 6) is 0.269. The highest BCUT2D eigenvalue weighted by Crippen LogP contribution is 2.07. The molecule has 18 heavy (non-hydrogen) atoms. The van der Waals surface area contributed by atoms with Gasteiger partial charge in [-0.15, -0.1) is 0 Å². The predicted molar refractivity (Wildman–Crippen MR) is 68.7 cm³/mol. The van der Waals surface area contributed by atoms with Gasteiger partial charge in [0.15, 0.2) is 0 Å². The van der Waals surface area contributed by atoms with Gasteiger partial charge in [-0.05, 0) is 39.2 Å². The van der Waals surface area contributed by atoms with Crippen molar-refractivity contribution in [2.24, 2.45) is 0 Å². The molecule has 6 heteroatoms. The molecule has 1 aromatic heterocycles. The Morgan fingerprint density at radius 3 is 2.83 bits per heavy atom. The third-order valence-corrected chi connectivity index (χ3v) is 2.75. The molecule has 0 saturated carbocycles. The summed E-state index contributed by atoms with van der Waals surface area (Å²) in [6, 6.07) is 6.67. The van der Waals surface area contributed by atoms with Crippen molar-refractivity contribution in [3.63, 3.8) is 0 Å². The minimum Gasteiger partial charge on any atom is -0.772 e. The second-order valence-electron chi connectivity index (χ2n) is 4.48. The number of fused-ring (bicyclic) bond motifs is 1. The zero-order valence-electron chi connectivity index (χ0n) is 10.5. The molecule has 0 amide bonds. The number of aryl methyl sites for hydroxylation is 1. The molecule has 2 aromatic rings. The second-order valence-corrected chi connectivity index (χ2v) is 4.48. The first kappa shape index (κ1) is 12.5. The fourth-order valence-electron chi connectivity index (χ4n) is 1.84. The molecule has 0 unspecified atom stereocenters. The average molecular weight is 248 g/mol. The summed E-state index contributed by atoms with van der Waals surface area (Å²) in [5.41, 5.74) is 0.659. The number of hydrogen-bond donors (Lipinski definition) is 0. The Bertz CT molecular complexity index is 607. The summed E-state index contributed by atoms with van der Waals surface area (Å²) in [5, 5.41) is 15.5. The standard InChI is InChI=1S/C12H16N4O2/c1-14(2)9-5-8-12-13-16(18)11-7-4-3-6-10(11)15(12)17/h3-4,6-7H,5,8-9H2,1-2H3. The number of para-hydroxylation sites is 2. The van der Waals surface area contributed by atoms with Gasteiger partial charge in [0.05, 0.1) is 11.5 Å². The quantitative estimate of drug-likeness (QED) is 0.750. The zero-order chi connectivity index (χ0) is 13.1. The molecule has 6 nitrogen and oxygen atoms in total. The smallest absolute Gasteiger partial charge is 0.367 e. The van der Waals surface area contributed by atoms with Crippen molar-refractivity contribution in [3.05, 3.63) is 40.2 Å². The molecule has 0 spiro atoms. The van der Waals surface area contributed by atoms with E-state index in [1.54, 1.807) is 24.3 Å². The maximum atomic E-state index is 12.0. The van der Waals surface area contributed by atoms with Crippen molar-refractivity contribution >= 4 is 11.0 Å². The van der Waals surface area contributed by atoms with Crippen LogP contribution in [0.3, 0.4) is 0 Å². The topological polar surface area (TPSA) is 67.1 Å². The molecule has 0 radical (unpaired) electrons. The molecule has 0 bridgehead atoms. The Morgan fingerprint density at radius 1 is 1.39 bits per heavy atom. The fraction of sp³-hybridized carbons (Fsp3) is 0.417. The van der Waals surface area contributed by atoms with E-state index in [2.05, 4.69) is 5.10 Å². The molecule has 0 saturated heterocycles. The first-order valence-electron chi connectivity index (χ1n) is 5.85. The summed E-state index contributed by atoms with van der Waals surface area (Å²) >= 11 is 0. The van der Waals surface area contributed by atoms with Crippen molar-refractivity contribution in [2.75, 3.05) is 20.6 Å². The Labute approximate surface area is 105 Å².